The molecule has 156 valence electrons. The van der Waals surface area contributed by atoms with Crippen LogP contribution < -0.4 is 5.56 Å². The van der Waals surface area contributed by atoms with E-state index in [4.69, 9.17) is 4.98 Å². The first kappa shape index (κ1) is 19.7. The van der Waals surface area contributed by atoms with Crippen molar-refractivity contribution in [1.29, 1.82) is 0 Å². The summed E-state index contributed by atoms with van der Waals surface area (Å²) in [4.78, 5) is 25.9. The first-order chi connectivity index (χ1) is 14.7. The zero-order valence-electron chi connectivity index (χ0n) is 17.6. The highest BCUT2D eigenvalue weighted by Crippen LogP contribution is 2.32. The van der Waals surface area contributed by atoms with Gasteiger partial charge in [-0.05, 0) is 37.5 Å². The number of hydrogen-bond donors (Lipinski definition) is 1. The molecule has 5 heteroatoms. The highest BCUT2D eigenvalue weighted by atomic mass is 32.1. The molecule has 30 heavy (non-hydrogen) atoms. The Bertz CT molecular complexity index is 1090. The molecule has 0 unspecified atom stereocenters. The van der Waals surface area contributed by atoms with Gasteiger partial charge < -0.3 is 4.98 Å². The number of thiophene rings is 1. The van der Waals surface area contributed by atoms with Gasteiger partial charge in [-0.3, -0.25) is 9.69 Å². The van der Waals surface area contributed by atoms with E-state index in [-0.39, 0.29) is 5.56 Å². The van der Waals surface area contributed by atoms with Gasteiger partial charge in [0.2, 0.25) is 0 Å². The number of benzene rings is 1. The van der Waals surface area contributed by atoms with Crippen LogP contribution in [0.25, 0.3) is 10.4 Å². The zero-order chi connectivity index (χ0) is 20.5. The Balaban J connectivity index is 1.30. The lowest BCUT2D eigenvalue weighted by Gasteiger charge is -2.28. The van der Waals surface area contributed by atoms with Crippen molar-refractivity contribution in [3.63, 3.8) is 0 Å². The minimum absolute atomic E-state index is 0.0805. The van der Waals surface area contributed by atoms with E-state index >= 15 is 0 Å². The maximum Gasteiger partial charge on any atom is 0.255 e. The number of nitrogens with zero attached hydrogens (tertiary/aromatic N) is 2. The van der Waals surface area contributed by atoms with Crippen molar-refractivity contribution in [3.8, 4) is 10.4 Å². The van der Waals surface area contributed by atoms with E-state index in [0.29, 0.717) is 12.5 Å². The smallest absolute Gasteiger partial charge is 0.255 e. The second-order valence-electron chi connectivity index (χ2n) is 8.81. The Kier molecular flexibility index (Phi) is 5.57. The molecule has 2 aromatic heterocycles. The van der Waals surface area contributed by atoms with Crippen molar-refractivity contribution >= 4 is 11.3 Å². The van der Waals surface area contributed by atoms with E-state index in [1.807, 2.05) is 11.3 Å². The van der Waals surface area contributed by atoms with E-state index in [2.05, 4.69) is 53.2 Å². The van der Waals surface area contributed by atoms with Crippen LogP contribution in [0.4, 0.5) is 0 Å². The number of aryl methyl sites for hydroxylation is 1. The third-order valence-corrected chi connectivity index (χ3v) is 7.62. The molecule has 0 radical (unpaired) electrons. The van der Waals surface area contributed by atoms with Gasteiger partial charge in [0.15, 0.2) is 0 Å². The molecule has 4 nitrogen and oxygen atoms in total. The number of aromatic nitrogens is 2. The molecule has 1 aliphatic carbocycles. The van der Waals surface area contributed by atoms with Crippen LogP contribution in [-0.2, 0) is 19.5 Å². The summed E-state index contributed by atoms with van der Waals surface area (Å²) < 4.78 is 0. The lowest BCUT2D eigenvalue weighted by molar-refractivity contribution is 0.243. The fourth-order valence-corrected chi connectivity index (χ4v) is 5.89. The van der Waals surface area contributed by atoms with Crippen LogP contribution in [0.2, 0.25) is 0 Å². The highest BCUT2D eigenvalue weighted by molar-refractivity contribution is 7.15. The van der Waals surface area contributed by atoms with Crippen molar-refractivity contribution < 1.29 is 0 Å². The number of rotatable bonds is 4. The molecule has 0 saturated heterocycles. The molecule has 3 aromatic rings. The minimum atomic E-state index is 0.0805. The summed E-state index contributed by atoms with van der Waals surface area (Å²) in [6, 6.07) is 13.1. The monoisotopic (exact) mass is 419 g/mol. The maximum absolute atomic E-state index is 12.8. The van der Waals surface area contributed by atoms with Crippen LogP contribution in [0.15, 0.2) is 41.2 Å². The molecule has 5 rings (SSSR count). The van der Waals surface area contributed by atoms with E-state index < -0.39 is 0 Å². The second kappa shape index (κ2) is 8.48. The third-order valence-electron chi connectivity index (χ3n) is 6.50. The van der Waals surface area contributed by atoms with Crippen LogP contribution in [0.1, 0.15) is 65.5 Å². The van der Waals surface area contributed by atoms with E-state index in [9.17, 15) is 4.79 Å². The number of nitrogens with one attached hydrogen (secondary N) is 1. The molecule has 0 amide bonds. The molecular formula is C25H29N3OS. The first-order valence-electron chi connectivity index (χ1n) is 11.2. The van der Waals surface area contributed by atoms with Gasteiger partial charge in [0.25, 0.3) is 5.56 Å². The Morgan fingerprint density at radius 1 is 1.17 bits per heavy atom. The number of fused-ring (bicyclic) bond motifs is 1. The van der Waals surface area contributed by atoms with Gasteiger partial charge in [-0.2, -0.15) is 0 Å². The van der Waals surface area contributed by atoms with Gasteiger partial charge in [0, 0.05) is 41.7 Å². The SMILES string of the molecule is Cc1cccc(-c2ccc(CN3CCc4nc(C5CCCCC5)[nH]c(=O)c4C3)s2)c1. The summed E-state index contributed by atoms with van der Waals surface area (Å²) >= 11 is 1.85. The first-order valence-corrected chi connectivity index (χ1v) is 12.0. The predicted molar refractivity (Wildman–Crippen MR) is 123 cm³/mol. The molecule has 0 bridgehead atoms. The second-order valence-corrected chi connectivity index (χ2v) is 9.98. The fourth-order valence-electron chi connectivity index (χ4n) is 4.84. The molecule has 1 aliphatic heterocycles. The topological polar surface area (TPSA) is 49.0 Å². The molecule has 2 aliphatic rings. The van der Waals surface area contributed by atoms with Gasteiger partial charge in [0.05, 0.1) is 11.3 Å². The predicted octanol–water partition coefficient (Wildman–Crippen LogP) is 5.41. The van der Waals surface area contributed by atoms with E-state index in [1.165, 1.54) is 40.1 Å². The molecule has 1 aromatic carbocycles. The van der Waals surface area contributed by atoms with Crippen molar-refractivity contribution in [2.45, 2.75) is 64.5 Å². The van der Waals surface area contributed by atoms with Gasteiger partial charge in [-0.25, -0.2) is 4.98 Å². The third kappa shape index (κ3) is 4.14. The maximum atomic E-state index is 12.8. The molecule has 1 fully saturated rings. The summed E-state index contributed by atoms with van der Waals surface area (Å²) in [5, 5.41) is 0. The van der Waals surface area contributed by atoms with Crippen LogP contribution >= 0.6 is 11.3 Å². The Morgan fingerprint density at radius 3 is 2.87 bits per heavy atom. The van der Waals surface area contributed by atoms with Crippen molar-refractivity contribution in [1.82, 2.24) is 14.9 Å². The Labute approximate surface area is 182 Å². The summed E-state index contributed by atoms with van der Waals surface area (Å²) in [5.74, 6) is 1.38. The Morgan fingerprint density at radius 2 is 2.03 bits per heavy atom. The molecule has 3 heterocycles. The van der Waals surface area contributed by atoms with E-state index in [1.54, 1.807) is 0 Å². The molecule has 1 saturated carbocycles. The van der Waals surface area contributed by atoms with Gasteiger partial charge in [-0.1, -0.05) is 49.1 Å². The van der Waals surface area contributed by atoms with Crippen molar-refractivity contribution in [2.24, 2.45) is 0 Å². The normalized spacial score (nSPS) is 17.8. The fraction of sp³-hybridized carbons (Fsp3) is 0.440. The molecule has 0 spiro atoms. The molecule has 0 atom stereocenters. The zero-order valence-corrected chi connectivity index (χ0v) is 18.4. The average Bonchev–Trinajstić information content (AvgIpc) is 3.23. The summed E-state index contributed by atoms with van der Waals surface area (Å²) in [5.41, 5.74) is 4.55. The Hall–Kier alpha value is -2.24. The number of hydrogen-bond acceptors (Lipinski definition) is 4. The van der Waals surface area contributed by atoms with Crippen LogP contribution in [0.3, 0.4) is 0 Å². The van der Waals surface area contributed by atoms with Crippen LogP contribution in [0, 0.1) is 6.92 Å². The average molecular weight is 420 g/mol. The molecule has 1 N–H and O–H groups in total. The number of aromatic amines is 1. The standard InChI is InChI=1S/C25H29N3OS/c1-17-6-5-9-19(14-17)23-11-10-20(30-23)15-28-13-12-22-21(16-28)25(29)27-24(26-22)18-7-3-2-4-8-18/h5-6,9-11,14,18H,2-4,7-8,12-13,15-16H2,1H3,(H,26,27,29). The van der Waals surface area contributed by atoms with Gasteiger partial charge in [0.1, 0.15) is 5.82 Å². The lowest BCUT2D eigenvalue weighted by Crippen LogP contribution is -2.36. The quantitative estimate of drug-likeness (QED) is 0.615. The van der Waals surface area contributed by atoms with Gasteiger partial charge >= 0.3 is 0 Å². The lowest BCUT2D eigenvalue weighted by atomic mass is 9.88. The summed E-state index contributed by atoms with van der Waals surface area (Å²) in [6.45, 7) is 4.68. The molecular weight excluding hydrogens is 390 g/mol. The van der Waals surface area contributed by atoms with Crippen LogP contribution in [-0.4, -0.2) is 21.4 Å². The van der Waals surface area contributed by atoms with Gasteiger partial charge in [-0.15, -0.1) is 11.3 Å². The number of H-pyrrole nitrogens is 1. The van der Waals surface area contributed by atoms with Crippen LogP contribution in [0.5, 0.6) is 0 Å². The summed E-state index contributed by atoms with van der Waals surface area (Å²) in [6.07, 6.45) is 7.02. The van der Waals surface area contributed by atoms with E-state index in [0.717, 1.165) is 49.4 Å². The summed E-state index contributed by atoms with van der Waals surface area (Å²) in [7, 11) is 0. The van der Waals surface area contributed by atoms with Crippen molar-refractivity contribution in [3.05, 3.63) is 74.3 Å². The largest absolute Gasteiger partial charge is 0.310 e. The minimum Gasteiger partial charge on any atom is -0.310 e. The van der Waals surface area contributed by atoms with Crippen molar-refractivity contribution in [2.75, 3.05) is 6.54 Å². The highest BCUT2D eigenvalue weighted by Gasteiger charge is 2.24.